The number of hydrogen-bond donors (Lipinski definition) is 0. The smallest absolute Gasteiger partial charge is 0.218 e. The van der Waals surface area contributed by atoms with E-state index in [1.807, 2.05) is 6.20 Å². The molecular formula is C50H45N3+2. The predicted octanol–water partition coefficient (Wildman–Crippen LogP) is 9.52. The number of allylic oxidation sites excluding steroid dienone is 2. The Bertz CT molecular complexity index is 2470. The van der Waals surface area contributed by atoms with Crippen LogP contribution in [0.4, 0.5) is 0 Å². The van der Waals surface area contributed by atoms with Gasteiger partial charge in [0.05, 0.1) is 11.6 Å². The van der Waals surface area contributed by atoms with E-state index in [1.165, 1.54) is 72.5 Å². The lowest BCUT2D eigenvalue weighted by Gasteiger charge is -2.34. The SMILES string of the molecule is C=C[n+]1cc2ccc1-c1ccccc1C1c3ccccc3C3C=CC4=CN3CCc3ccccc3-c3ccc(c[n+]31)CCc1cc(cc(c1)CC2)CC4. The zero-order valence-electron chi connectivity index (χ0n) is 30.3. The van der Waals surface area contributed by atoms with Gasteiger partial charge in [0.15, 0.2) is 18.6 Å². The van der Waals surface area contributed by atoms with Crippen LogP contribution in [0.25, 0.3) is 28.7 Å². The number of rotatable bonds is 1. The fraction of sp³-hybridized carbons (Fsp3) is 0.200. The van der Waals surface area contributed by atoms with Gasteiger partial charge in [0.1, 0.15) is 0 Å². The highest BCUT2D eigenvalue weighted by atomic mass is 15.1. The summed E-state index contributed by atoms with van der Waals surface area (Å²) in [6.07, 6.45) is 21.2. The van der Waals surface area contributed by atoms with Gasteiger partial charge in [-0.25, -0.2) is 0 Å². The van der Waals surface area contributed by atoms with Crippen molar-refractivity contribution in [2.24, 2.45) is 0 Å². The summed E-state index contributed by atoms with van der Waals surface area (Å²) in [5.41, 5.74) is 18.7. The number of benzene rings is 4. The third-order valence-corrected chi connectivity index (χ3v) is 12.0. The zero-order valence-corrected chi connectivity index (χ0v) is 30.3. The normalized spacial score (nSPS) is 18.4. The van der Waals surface area contributed by atoms with Crippen LogP contribution in [0, 0.1) is 0 Å². The quantitative estimate of drug-likeness (QED) is 0.157. The Morgan fingerprint density at radius 2 is 1.19 bits per heavy atom. The summed E-state index contributed by atoms with van der Waals surface area (Å²) in [5, 5.41) is 0. The first-order valence-electron chi connectivity index (χ1n) is 19.4. The summed E-state index contributed by atoms with van der Waals surface area (Å²) >= 11 is 0. The molecule has 0 N–H and O–H groups in total. The van der Waals surface area contributed by atoms with Gasteiger partial charge in [-0.05, 0) is 109 Å². The molecule has 2 aromatic heterocycles. The molecular weight excluding hydrogens is 643 g/mol. The summed E-state index contributed by atoms with van der Waals surface area (Å²) in [5.74, 6) is 0. The van der Waals surface area contributed by atoms with Crippen molar-refractivity contribution in [3.8, 4) is 22.5 Å². The zero-order chi connectivity index (χ0) is 35.3. The number of pyridine rings is 2. The van der Waals surface area contributed by atoms with Crippen molar-refractivity contribution in [3.05, 3.63) is 208 Å². The maximum absolute atomic E-state index is 4.32. The van der Waals surface area contributed by atoms with Crippen molar-refractivity contribution in [3.63, 3.8) is 0 Å². The molecule has 12 rings (SSSR count). The van der Waals surface area contributed by atoms with E-state index < -0.39 is 0 Å². The molecule has 6 aliphatic heterocycles. The average Bonchev–Trinajstić information content (AvgIpc) is 3.22. The molecule has 3 nitrogen and oxygen atoms in total. The summed E-state index contributed by atoms with van der Waals surface area (Å²) in [7, 11) is 0. The van der Waals surface area contributed by atoms with Crippen LogP contribution >= 0.6 is 0 Å². The Morgan fingerprint density at radius 3 is 1.96 bits per heavy atom. The third kappa shape index (κ3) is 5.85. The van der Waals surface area contributed by atoms with Gasteiger partial charge in [0.2, 0.25) is 17.4 Å². The fourth-order valence-corrected chi connectivity index (χ4v) is 9.38. The summed E-state index contributed by atoms with van der Waals surface area (Å²) < 4.78 is 4.87. The fourth-order valence-electron chi connectivity index (χ4n) is 9.38. The van der Waals surface area contributed by atoms with Crippen molar-refractivity contribution >= 4 is 6.20 Å². The molecule has 6 aliphatic rings. The highest BCUT2D eigenvalue weighted by molar-refractivity contribution is 5.66. The minimum absolute atomic E-state index is 0.0941. The highest BCUT2D eigenvalue weighted by Gasteiger charge is 2.37. The van der Waals surface area contributed by atoms with Gasteiger partial charge in [0.25, 0.3) is 0 Å². The third-order valence-electron chi connectivity index (χ3n) is 12.0. The van der Waals surface area contributed by atoms with Crippen LogP contribution in [-0.2, 0) is 38.5 Å². The van der Waals surface area contributed by atoms with E-state index in [9.17, 15) is 0 Å². The first-order chi connectivity index (χ1) is 26.2. The lowest BCUT2D eigenvalue weighted by Crippen LogP contribution is -2.44. The van der Waals surface area contributed by atoms with Gasteiger partial charge in [-0.1, -0.05) is 91.0 Å². The Labute approximate surface area is 313 Å². The second-order valence-electron chi connectivity index (χ2n) is 15.3. The van der Waals surface area contributed by atoms with Crippen LogP contribution < -0.4 is 9.13 Å². The number of nitrogens with zero attached hydrogens (tertiary/aromatic N) is 3. The maximum Gasteiger partial charge on any atom is 0.218 e. The van der Waals surface area contributed by atoms with Crippen molar-refractivity contribution in [1.82, 2.24) is 4.90 Å². The van der Waals surface area contributed by atoms with E-state index in [0.717, 1.165) is 57.2 Å². The molecule has 258 valence electrons. The molecule has 6 aromatic rings. The molecule has 11 bridgehead atoms. The number of fused-ring (bicyclic) bond motifs is 6. The Morgan fingerprint density at radius 1 is 0.566 bits per heavy atom. The molecule has 2 atom stereocenters. The van der Waals surface area contributed by atoms with Gasteiger partial charge in [-0.15, -0.1) is 0 Å². The molecule has 53 heavy (non-hydrogen) atoms. The first kappa shape index (κ1) is 31.9. The molecule has 2 unspecified atom stereocenters. The maximum atomic E-state index is 4.32. The van der Waals surface area contributed by atoms with Crippen molar-refractivity contribution in [2.75, 3.05) is 6.54 Å². The van der Waals surface area contributed by atoms with Crippen LogP contribution in [0.2, 0.25) is 0 Å². The standard InChI is InChI=1S/C50H45N3/c1-2-51-32-35-15-18-38-29-39-19-16-36-22-25-48-44-12-6-8-14-46(44)50(45-13-7-5-11-43(45)47(51)24-21-35)53-34-37(17-20-40(30-38)31-39)23-26-49(53)42-10-4-3-9-41(42)27-28-52(48)33-36/h2-14,21-26,29-34,48,50H,1,15-20,27-28H2/q+2. The van der Waals surface area contributed by atoms with E-state index in [1.54, 1.807) is 0 Å². The Balaban J connectivity index is 1.35. The van der Waals surface area contributed by atoms with Crippen LogP contribution in [0.3, 0.4) is 0 Å². The van der Waals surface area contributed by atoms with Crippen molar-refractivity contribution < 1.29 is 9.13 Å². The van der Waals surface area contributed by atoms with Crippen LogP contribution in [0.1, 0.15) is 68.6 Å². The molecule has 0 fully saturated rings. The van der Waals surface area contributed by atoms with E-state index in [2.05, 4.69) is 167 Å². The molecule has 0 spiro atoms. The lowest BCUT2D eigenvalue weighted by atomic mass is 9.86. The van der Waals surface area contributed by atoms with Crippen LogP contribution in [-0.4, -0.2) is 11.4 Å². The van der Waals surface area contributed by atoms with Gasteiger partial charge < -0.3 is 4.90 Å². The van der Waals surface area contributed by atoms with E-state index in [4.69, 9.17) is 0 Å². The molecule has 0 aliphatic carbocycles. The highest BCUT2D eigenvalue weighted by Crippen LogP contribution is 2.40. The van der Waals surface area contributed by atoms with E-state index in [-0.39, 0.29) is 12.1 Å². The molecule has 0 radical (unpaired) electrons. The number of aryl methyl sites for hydroxylation is 5. The largest absolute Gasteiger partial charge is 0.366 e. The van der Waals surface area contributed by atoms with Gasteiger partial charge in [0, 0.05) is 52.7 Å². The predicted molar refractivity (Wildman–Crippen MR) is 214 cm³/mol. The van der Waals surface area contributed by atoms with Crippen molar-refractivity contribution in [1.29, 1.82) is 0 Å². The number of aromatic nitrogens is 2. The van der Waals surface area contributed by atoms with Gasteiger partial charge in [-0.2, -0.15) is 9.13 Å². The van der Waals surface area contributed by atoms with Crippen molar-refractivity contribution in [2.45, 2.75) is 57.0 Å². The molecule has 3 heteroatoms. The molecule has 4 aromatic carbocycles. The topological polar surface area (TPSA) is 11.0 Å². The minimum atomic E-state index is -0.0941. The number of hydrogen-bond acceptors (Lipinski definition) is 1. The molecule has 8 heterocycles. The monoisotopic (exact) mass is 687 g/mol. The summed E-state index contributed by atoms with van der Waals surface area (Å²) in [6, 6.07) is 44.4. The lowest BCUT2D eigenvalue weighted by molar-refractivity contribution is -0.694. The molecule has 0 saturated carbocycles. The van der Waals surface area contributed by atoms with E-state index >= 15 is 0 Å². The Kier molecular flexibility index (Phi) is 8.01. The second-order valence-corrected chi connectivity index (χ2v) is 15.3. The van der Waals surface area contributed by atoms with Crippen LogP contribution in [0.15, 0.2) is 158 Å². The molecule has 0 saturated heterocycles. The van der Waals surface area contributed by atoms with E-state index in [0.29, 0.717) is 0 Å². The Hall–Kier alpha value is -5.80. The average molecular weight is 688 g/mol. The summed E-state index contributed by atoms with van der Waals surface area (Å²) in [4.78, 5) is 2.63. The van der Waals surface area contributed by atoms with Gasteiger partial charge in [-0.3, -0.25) is 0 Å². The summed E-state index contributed by atoms with van der Waals surface area (Å²) in [6.45, 7) is 5.26. The minimum Gasteiger partial charge on any atom is -0.366 e. The first-order valence-corrected chi connectivity index (χ1v) is 19.4. The molecule has 0 amide bonds. The van der Waals surface area contributed by atoms with Gasteiger partial charge >= 0.3 is 0 Å². The second kappa shape index (κ2) is 13.3. The van der Waals surface area contributed by atoms with Crippen LogP contribution in [0.5, 0.6) is 0 Å².